The molecule has 1 aromatic carbocycles. The van der Waals surface area contributed by atoms with E-state index in [9.17, 15) is 9.90 Å². The van der Waals surface area contributed by atoms with E-state index in [0.29, 0.717) is 22.7 Å². The highest BCUT2D eigenvalue weighted by Crippen LogP contribution is 2.31. The smallest absolute Gasteiger partial charge is 0.356 e. The zero-order valence-corrected chi connectivity index (χ0v) is 18.8. The number of aromatic carboxylic acids is 1. The number of carboxylic acids is 1. The Kier molecular flexibility index (Phi) is 5.93. The third kappa shape index (κ3) is 4.08. The lowest BCUT2D eigenvalue weighted by Gasteiger charge is -2.20. The Bertz CT molecular complexity index is 1460. The monoisotopic (exact) mass is 460 g/mol. The van der Waals surface area contributed by atoms with Crippen LogP contribution in [0.25, 0.3) is 22.1 Å². The first-order valence-electron chi connectivity index (χ1n) is 10.1. The van der Waals surface area contributed by atoms with Gasteiger partial charge in [0.25, 0.3) is 0 Å². The van der Waals surface area contributed by atoms with Crippen LogP contribution in [0.1, 0.15) is 40.4 Å². The van der Waals surface area contributed by atoms with Crippen LogP contribution >= 0.6 is 11.6 Å². The van der Waals surface area contributed by atoms with Gasteiger partial charge in [0.15, 0.2) is 17.2 Å². The van der Waals surface area contributed by atoms with Crippen LogP contribution < -0.4 is 5.32 Å². The molecule has 4 rings (SSSR count). The highest BCUT2D eigenvalue weighted by Gasteiger charge is 2.20. The van der Waals surface area contributed by atoms with E-state index in [1.807, 2.05) is 26.0 Å². The minimum atomic E-state index is -1.17. The van der Waals surface area contributed by atoms with E-state index in [1.165, 1.54) is 6.33 Å². The van der Waals surface area contributed by atoms with Gasteiger partial charge in [0, 0.05) is 16.5 Å². The summed E-state index contributed by atoms with van der Waals surface area (Å²) in [5, 5.41) is 18.1. The topological polar surface area (TPSA) is 105 Å². The first kappa shape index (κ1) is 22.2. The van der Waals surface area contributed by atoms with Gasteiger partial charge in [-0.15, -0.1) is 0 Å². The number of benzene rings is 1. The average Bonchev–Trinajstić information content (AvgIpc) is 3.28. The number of nitrogens with zero attached hydrogens (tertiary/aromatic N) is 5. The first-order valence-corrected chi connectivity index (χ1v) is 10.5. The lowest BCUT2D eigenvalue weighted by atomic mass is 10.0. The van der Waals surface area contributed by atoms with Crippen molar-refractivity contribution in [1.29, 1.82) is 0 Å². The van der Waals surface area contributed by atoms with Gasteiger partial charge in [-0.1, -0.05) is 49.1 Å². The maximum absolute atomic E-state index is 11.7. The molecule has 0 radical (unpaired) electrons. The van der Waals surface area contributed by atoms with Gasteiger partial charge in [-0.05, 0) is 37.6 Å². The molecule has 0 aliphatic rings. The third-order valence-corrected chi connectivity index (χ3v) is 5.38. The number of carbonyl (C=O) groups is 1. The number of fused-ring (bicyclic) bond motifs is 3. The van der Waals surface area contributed by atoms with Gasteiger partial charge in [0.2, 0.25) is 0 Å². The molecule has 9 heteroatoms. The molecule has 0 aliphatic carbocycles. The predicted molar refractivity (Wildman–Crippen MR) is 130 cm³/mol. The Balaban J connectivity index is 1.93. The molecule has 0 amide bonds. The van der Waals surface area contributed by atoms with E-state index >= 15 is 0 Å². The SMILES string of the molecule is C=C/C=C(\C=C)c1nc2c(C(C)Nc3ccc(Cl)nc3C(=O)O)cc(C)cc2c2ncnn12. The Hall–Kier alpha value is -4.04. The summed E-state index contributed by atoms with van der Waals surface area (Å²) in [5.74, 6) is -0.598. The van der Waals surface area contributed by atoms with Crippen molar-refractivity contribution in [2.24, 2.45) is 0 Å². The van der Waals surface area contributed by atoms with Gasteiger partial charge < -0.3 is 10.4 Å². The summed E-state index contributed by atoms with van der Waals surface area (Å²) < 4.78 is 1.67. The van der Waals surface area contributed by atoms with Crippen molar-refractivity contribution in [2.75, 3.05) is 5.32 Å². The lowest BCUT2D eigenvalue weighted by Crippen LogP contribution is -2.14. The molecule has 0 saturated carbocycles. The van der Waals surface area contributed by atoms with Crippen molar-refractivity contribution in [2.45, 2.75) is 19.9 Å². The van der Waals surface area contributed by atoms with Crippen LogP contribution in [-0.4, -0.2) is 35.6 Å². The standard InChI is InChI=1S/C24H21ClN6O2/c1-5-7-15(6-2)22-30-20-16(10-13(3)11-17(20)23-26-12-27-31(22)23)14(4)28-18-8-9-19(25)29-21(18)24(32)33/h5-12,14,28H,1-2H2,3-4H3,(H,32,33)/b15-7+. The summed E-state index contributed by atoms with van der Waals surface area (Å²) in [6.07, 6.45) is 6.63. The molecule has 4 aromatic rings. The lowest BCUT2D eigenvalue weighted by molar-refractivity contribution is 0.0691. The van der Waals surface area contributed by atoms with Crippen LogP contribution in [0.15, 0.2) is 62.0 Å². The average molecular weight is 461 g/mol. The van der Waals surface area contributed by atoms with E-state index < -0.39 is 5.97 Å². The maximum Gasteiger partial charge on any atom is 0.356 e. The van der Waals surface area contributed by atoms with Gasteiger partial charge in [-0.2, -0.15) is 9.61 Å². The van der Waals surface area contributed by atoms with E-state index in [1.54, 1.807) is 34.9 Å². The van der Waals surface area contributed by atoms with Crippen LogP contribution in [0, 0.1) is 6.92 Å². The van der Waals surface area contributed by atoms with Crippen LogP contribution in [0.2, 0.25) is 5.15 Å². The van der Waals surface area contributed by atoms with Gasteiger partial charge in [0.1, 0.15) is 11.5 Å². The molecule has 3 heterocycles. The normalized spacial score (nSPS) is 12.6. The highest BCUT2D eigenvalue weighted by molar-refractivity contribution is 6.29. The van der Waals surface area contributed by atoms with Gasteiger partial charge >= 0.3 is 5.97 Å². The molecule has 33 heavy (non-hydrogen) atoms. The van der Waals surface area contributed by atoms with Crippen LogP contribution in [-0.2, 0) is 0 Å². The number of halogens is 1. The number of anilines is 1. The second-order valence-electron chi connectivity index (χ2n) is 7.44. The fourth-order valence-electron chi connectivity index (χ4n) is 3.74. The molecule has 8 nitrogen and oxygen atoms in total. The number of rotatable bonds is 7. The van der Waals surface area contributed by atoms with E-state index in [0.717, 1.165) is 22.1 Å². The molecule has 166 valence electrons. The Morgan fingerprint density at radius 3 is 2.76 bits per heavy atom. The summed E-state index contributed by atoms with van der Waals surface area (Å²) in [7, 11) is 0. The molecular weight excluding hydrogens is 440 g/mol. The molecule has 0 fully saturated rings. The number of aryl methyl sites for hydroxylation is 1. The third-order valence-electron chi connectivity index (χ3n) is 5.17. The zero-order valence-electron chi connectivity index (χ0n) is 18.1. The second-order valence-corrected chi connectivity index (χ2v) is 7.83. The molecule has 0 spiro atoms. The van der Waals surface area contributed by atoms with Gasteiger partial charge in [-0.3, -0.25) is 0 Å². The van der Waals surface area contributed by atoms with Crippen molar-refractivity contribution >= 4 is 45.4 Å². The van der Waals surface area contributed by atoms with Crippen molar-refractivity contribution < 1.29 is 9.90 Å². The first-order chi connectivity index (χ1) is 15.8. The van der Waals surface area contributed by atoms with Crippen molar-refractivity contribution in [3.8, 4) is 0 Å². The summed E-state index contributed by atoms with van der Waals surface area (Å²) in [4.78, 5) is 25.0. The zero-order chi connectivity index (χ0) is 23.7. The molecule has 0 bridgehead atoms. The van der Waals surface area contributed by atoms with Crippen molar-refractivity contribution in [3.05, 3.63) is 89.8 Å². The second kappa shape index (κ2) is 8.84. The number of aromatic nitrogens is 5. The Morgan fingerprint density at radius 2 is 2.06 bits per heavy atom. The molecule has 1 atom stereocenters. The molecule has 1 unspecified atom stereocenters. The summed E-state index contributed by atoms with van der Waals surface area (Å²) in [5.41, 5.74) is 4.19. The van der Waals surface area contributed by atoms with Gasteiger partial charge in [-0.25, -0.2) is 19.7 Å². The van der Waals surface area contributed by atoms with Crippen LogP contribution in [0.5, 0.6) is 0 Å². The summed E-state index contributed by atoms with van der Waals surface area (Å²) in [6.45, 7) is 11.6. The summed E-state index contributed by atoms with van der Waals surface area (Å²) in [6, 6.07) is 6.85. The van der Waals surface area contributed by atoms with E-state index in [4.69, 9.17) is 16.6 Å². The van der Waals surface area contributed by atoms with Crippen molar-refractivity contribution in [1.82, 2.24) is 24.6 Å². The minimum absolute atomic E-state index is 0.109. The minimum Gasteiger partial charge on any atom is -0.476 e. The van der Waals surface area contributed by atoms with Gasteiger partial charge in [0.05, 0.1) is 17.2 Å². The number of carboxylic acid groups (broad SMARTS) is 1. The molecule has 0 aliphatic heterocycles. The van der Waals surface area contributed by atoms with Crippen LogP contribution in [0.4, 0.5) is 5.69 Å². The largest absolute Gasteiger partial charge is 0.476 e. The quantitative estimate of drug-likeness (QED) is 0.286. The van der Waals surface area contributed by atoms with Crippen LogP contribution in [0.3, 0.4) is 0 Å². The summed E-state index contributed by atoms with van der Waals surface area (Å²) >= 11 is 5.90. The van der Waals surface area contributed by atoms with Crippen molar-refractivity contribution in [3.63, 3.8) is 0 Å². The van der Waals surface area contributed by atoms with E-state index in [2.05, 4.69) is 33.5 Å². The fourth-order valence-corrected chi connectivity index (χ4v) is 3.89. The number of pyridine rings is 1. The number of nitrogens with one attached hydrogen (secondary N) is 1. The molecular formula is C24H21ClN6O2. The number of hydrogen-bond donors (Lipinski definition) is 2. The Morgan fingerprint density at radius 1 is 1.27 bits per heavy atom. The predicted octanol–water partition coefficient (Wildman–Crippen LogP) is 5.26. The molecule has 2 N–H and O–H groups in total. The van der Waals surface area contributed by atoms with E-state index in [-0.39, 0.29) is 16.9 Å². The number of hydrogen-bond acceptors (Lipinski definition) is 6. The fraction of sp³-hybridized carbons (Fsp3) is 0.125. The maximum atomic E-state index is 11.7. The number of allylic oxidation sites excluding steroid dienone is 4. The highest BCUT2D eigenvalue weighted by atomic mass is 35.5. The molecule has 3 aromatic heterocycles. The molecule has 0 saturated heterocycles. The Labute approximate surface area is 195 Å².